The highest BCUT2D eigenvalue weighted by atomic mass is 35.5. The quantitative estimate of drug-likeness (QED) is 0.444. The largest absolute Gasteiger partial charge is 0.496 e. The maximum atomic E-state index is 12.3. The van der Waals surface area contributed by atoms with Gasteiger partial charge in [-0.25, -0.2) is 13.6 Å². The van der Waals surface area contributed by atoms with Crippen molar-refractivity contribution in [2.45, 2.75) is 9.79 Å². The number of primary sulfonamides is 1. The molecule has 0 radical (unpaired) electrons. The van der Waals surface area contributed by atoms with Crippen molar-refractivity contribution in [1.29, 1.82) is 0 Å². The molecule has 12 heteroatoms. The van der Waals surface area contributed by atoms with Crippen molar-refractivity contribution in [2.24, 2.45) is 5.14 Å². The molecular weight excluding hydrogens is 449 g/mol. The summed E-state index contributed by atoms with van der Waals surface area (Å²) in [5.74, 6) is -1.23. The number of thioether (sulfide) groups is 1. The van der Waals surface area contributed by atoms with E-state index in [0.717, 1.165) is 17.8 Å². The molecule has 2 aromatic carbocycles. The van der Waals surface area contributed by atoms with E-state index >= 15 is 0 Å². The molecule has 0 bridgehead atoms. The van der Waals surface area contributed by atoms with Crippen LogP contribution in [0.2, 0.25) is 10.0 Å². The molecular formula is C16H15Cl2N3O5S2. The van der Waals surface area contributed by atoms with Crippen LogP contribution in [0.25, 0.3) is 0 Å². The molecule has 2 aromatic rings. The Labute approximate surface area is 175 Å². The van der Waals surface area contributed by atoms with Crippen LogP contribution in [0.15, 0.2) is 46.2 Å². The van der Waals surface area contributed by atoms with E-state index in [2.05, 4.69) is 10.9 Å². The van der Waals surface area contributed by atoms with Crippen molar-refractivity contribution < 1.29 is 22.7 Å². The molecule has 0 aliphatic rings. The first-order chi connectivity index (χ1) is 13.1. The van der Waals surface area contributed by atoms with Gasteiger partial charge >= 0.3 is 0 Å². The van der Waals surface area contributed by atoms with E-state index < -0.39 is 21.8 Å². The van der Waals surface area contributed by atoms with Crippen molar-refractivity contribution in [1.82, 2.24) is 10.9 Å². The Kier molecular flexibility index (Phi) is 7.55. The van der Waals surface area contributed by atoms with Crippen molar-refractivity contribution in [3.05, 3.63) is 52.0 Å². The number of hydrogen-bond donors (Lipinski definition) is 3. The minimum atomic E-state index is -4.01. The normalized spacial score (nSPS) is 11.0. The van der Waals surface area contributed by atoms with Gasteiger partial charge in [0.1, 0.15) is 5.75 Å². The highest BCUT2D eigenvalue weighted by molar-refractivity contribution is 8.00. The molecule has 2 rings (SSSR count). The first-order valence-electron chi connectivity index (χ1n) is 7.49. The number of nitrogens with two attached hydrogens (primary N) is 1. The van der Waals surface area contributed by atoms with E-state index in [1.54, 1.807) is 18.2 Å². The van der Waals surface area contributed by atoms with E-state index in [4.69, 9.17) is 33.1 Å². The highest BCUT2D eigenvalue weighted by Gasteiger charge is 2.18. The molecule has 28 heavy (non-hydrogen) atoms. The topological polar surface area (TPSA) is 128 Å². The van der Waals surface area contributed by atoms with Crippen LogP contribution in [0, 0.1) is 0 Å². The van der Waals surface area contributed by atoms with Gasteiger partial charge in [0.05, 0.1) is 28.3 Å². The maximum Gasteiger partial charge on any atom is 0.273 e. The molecule has 0 spiro atoms. The Morgan fingerprint density at radius 1 is 1.14 bits per heavy atom. The second-order valence-electron chi connectivity index (χ2n) is 5.27. The lowest BCUT2D eigenvalue weighted by molar-refractivity contribution is -0.119. The molecule has 0 atom stereocenters. The number of methoxy groups -OCH3 is 1. The Morgan fingerprint density at radius 2 is 1.86 bits per heavy atom. The summed E-state index contributed by atoms with van der Waals surface area (Å²) in [6, 6.07) is 8.39. The summed E-state index contributed by atoms with van der Waals surface area (Å²) in [5, 5.41) is 5.98. The van der Waals surface area contributed by atoms with Crippen molar-refractivity contribution in [2.75, 3.05) is 12.9 Å². The van der Waals surface area contributed by atoms with Crippen LogP contribution >= 0.6 is 35.0 Å². The van der Waals surface area contributed by atoms with E-state index in [1.165, 1.54) is 19.2 Å². The summed E-state index contributed by atoms with van der Waals surface area (Å²) in [7, 11) is -2.70. The number of carbonyl (C=O) groups is 2. The molecule has 0 fully saturated rings. The number of sulfonamides is 1. The third-order valence-corrected chi connectivity index (χ3v) is 5.95. The number of benzene rings is 2. The number of carbonyl (C=O) groups excluding carboxylic acids is 2. The van der Waals surface area contributed by atoms with Crippen LogP contribution in [0.3, 0.4) is 0 Å². The molecule has 0 unspecified atom stereocenters. The first-order valence-corrected chi connectivity index (χ1v) is 10.8. The zero-order chi connectivity index (χ0) is 20.9. The average molecular weight is 464 g/mol. The van der Waals surface area contributed by atoms with Gasteiger partial charge in [0.25, 0.3) is 5.91 Å². The smallest absolute Gasteiger partial charge is 0.273 e. The number of halogens is 2. The van der Waals surface area contributed by atoms with Crippen LogP contribution in [-0.4, -0.2) is 33.1 Å². The predicted octanol–water partition coefficient (Wildman–Crippen LogP) is 2.20. The lowest BCUT2D eigenvalue weighted by Crippen LogP contribution is -2.42. The monoisotopic (exact) mass is 463 g/mol. The number of amides is 2. The van der Waals surface area contributed by atoms with Crippen LogP contribution in [0.1, 0.15) is 10.4 Å². The Bertz CT molecular complexity index is 1020. The number of rotatable bonds is 6. The zero-order valence-electron chi connectivity index (χ0n) is 14.4. The summed E-state index contributed by atoms with van der Waals surface area (Å²) in [4.78, 5) is 24.6. The van der Waals surface area contributed by atoms with Gasteiger partial charge in [0.15, 0.2) is 0 Å². The third kappa shape index (κ3) is 6.01. The van der Waals surface area contributed by atoms with Crippen LogP contribution in [0.4, 0.5) is 0 Å². The summed E-state index contributed by atoms with van der Waals surface area (Å²) in [6.07, 6.45) is 0. The lowest BCUT2D eigenvalue weighted by Gasteiger charge is -2.11. The number of hydrazine groups is 1. The predicted molar refractivity (Wildman–Crippen MR) is 107 cm³/mol. The summed E-state index contributed by atoms with van der Waals surface area (Å²) >= 11 is 13.0. The van der Waals surface area contributed by atoms with Gasteiger partial charge in [-0.15, -0.1) is 11.8 Å². The van der Waals surface area contributed by atoms with Gasteiger partial charge in [-0.05, 0) is 36.4 Å². The number of hydrogen-bond acceptors (Lipinski definition) is 6. The number of nitrogens with one attached hydrogen (secondary N) is 2. The molecule has 0 aliphatic carbocycles. The lowest BCUT2D eigenvalue weighted by atomic mass is 10.2. The molecule has 0 saturated heterocycles. The maximum absolute atomic E-state index is 12.3. The van der Waals surface area contributed by atoms with E-state index in [1.807, 2.05) is 0 Å². The minimum Gasteiger partial charge on any atom is -0.496 e. The fraction of sp³-hybridized carbons (Fsp3) is 0.125. The Morgan fingerprint density at radius 3 is 2.50 bits per heavy atom. The summed E-state index contributed by atoms with van der Waals surface area (Å²) in [5.41, 5.74) is 4.30. The zero-order valence-corrected chi connectivity index (χ0v) is 17.5. The van der Waals surface area contributed by atoms with Gasteiger partial charge < -0.3 is 4.74 Å². The minimum absolute atomic E-state index is 0.0469. The molecule has 150 valence electrons. The van der Waals surface area contributed by atoms with Gasteiger partial charge in [-0.3, -0.25) is 20.4 Å². The van der Waals surface area contributed by atoms with E-state index in [-0.39, 0.29) is 22.0 Å². The second-order valence-corrected chi connectivity index (χ2v) is 8.70. The second kappa shape index (κ2) is 9.48. The first kappa shape index (κ1) is 22.3. The van der Waals surface area contributed by atoms with Crippen molar-refractivity contribution >= 4 is 56.8 Å². The summed E-state index contributed by atoms with van der Waals surface area (Å²) < 4.78 is 27.9. The highest BCUT2D eigenvalue weighted by Crippen LogP contribution is 2.29. The Balaban J connectivity index is 2.01. The molecule has 4 N–H and O–H groups in total. The molecule has 0 saturated carbocycles. The Hall–Kier alpha value is -1.98. The van der Waals surface area contributed by atoms with Gasteiger partial charge in [-0.2, -0.15) is 0 Å². The van der Waals surface area contributed by atoms with E-state index in [0.29, 0.717) is 14.9 Å². The molecule has 0 heterocycles. The average Bonchev–Trinajstić information content (AvgIpc) is 2.65. The van der Waals surface area contributed by atoms with Crippen LogP contribution in [-0.2, 0) is 14.8 Å². The standard InChI is InChI=1S/C16H15Cl2N3O5S2/c1-26-13-5-3-10(28(19,24)25)7-11(13)16(23)21-20-15(22)8-27-14-6-9(17)2-4-12(14)18/h2-7H,8H2,1H3,(H,20,22)(H,21,23)(H2,19,24,25). The van der Waals surface area contributed by atoms with E-state index in [9.17, 15) is 18.0 Å². The summed E-state index contributed by atoms with van der Waals surface area (Å²) in [6.45, 7) is 0. The van der Waals surface area contributed by atoms with Gasteiger partial charge in [0, 0.05) is 9.92 Å². The fourth-order valence-electron chi connectivity index (χ4n) is 2.00. The van der Waals surface area contributed by atoms with Gasteiger partial charge in [-0.1, -0.05) is 23.2 Å². The third-order valence-electron chi connectivity index (χ3n) is 3.31. The van der Waals surface area contributed by atoms with Gasteiger partial charge in [0.2, 0.25) is 15.9 Å². The number of ether oxygens (including phenoxy) is 1. The molecule has 2 amide bonds. The fourth-order valence-corrected chi connectivity index (χ4v) is 3.84. The van der Waals surface area contributed by atoms with Crippen molar-refractivity contribution in [3.63, 3.8) is 0 Å². The SMILES string of the molecule is COc1ccc(S(N)(=O)=O)cc1C(=O)NNC(=O)CSc1cc(Cl)ccc1Cl. The molecule has 0 aromatic heterocycles. The van der Waals surface area contributed by atoms with Crippen LogP contribution in [0.5, 0.6) is 5.75 Å². The van der Waals surface area contributed by atoms with Crippen LogP contribution < -0.4 is 20.7 Å². The molecule has 0 aliphatic heterocycles. The molecule has 8 nitrogen and oxygen atoms in total. The van der Waals surface area contributed by atoms with Crippen molar-refractivity contribution in [3.8, 4) is 5.75 Å².